The zero-order valence-electron chi connectivity index (χ0n) is 9.44. The molecule has 0 atom stereocenters. The van der Waals surface area contributed by atoms with Crippen LogP contribution in [0.2, 0.25) is 18.1 Å². The second kappa shape index (κ2) is 6.21. The van der Waals surface area contributed by atoms with E-state index in [2.05, 4.69) is 32.8 Å². The Hall–Kier alpha value is -0.283. The van der Waals surface area contributed by atoms with Gasteiger partial charge in [0.25, 0.3) is 0 Å². The molecular weight excluding hydrogens is 178 g/mol. The third-order valence-electron chi connectivity index (χ3n) is 3.01. The van der Waals surface area contributed by atoms with E-state index >= 15 is 0 Å². The molecular formula is C10H23NOSi. The Kier molecular flexibility index (Phi) is 6.08. The molecule has 0 rings (SSSR count). The van der Waals surface area contributed by atoms with Crippen molar-refractivity contribution < 1.29 is 4.84 Å². The topological polar surface area (TPSA) is 21.3 Å². The van der Waals surface area contributed by atoms with Crippen molar-refractivity contribution in [3.8, 4) is 0 Å². The summed E-state index contributed by atoms with van der Waals surface area (Å²) < 4.78 is 0. The first-order valence-corrected chi connectivity index (χ1v) is 7.86. The Morgan fingerprint density at radius 2 is 1.62 bits per heavy atom. The summed E-state index contributed by atoms with van der Waals surface area (Å²) in [5.74, 6) is 0. The second-order valence-corrected chi connectivity index (χ2v) is 8.64. The Labute approximate surface area is 83.3 Å². The van der Waals surface area contributed by atoms with E-state index in [1.165, 1.54) is 18.1 Å². The van der Waals surface area contributed by atoms with E-state index in [9.17, 15) is 0 Å². The molecule has 0 aromatic heterocycles. The van der Waals surface area contributed by atoms with Crippen molar-refractivity contribution >= 4 is 8.07 Å². The Balaban J connectivity index is 4.26. The first-order chi connectivity index (χ1) is 6.16. The first-order valence-electron chi connectivity index (χ1n) is 5.24. The third kappa shape index (κ3) is 3.16. The van der Waals surface area contributed by atoms with E-state index in [4.69, 9.17) is 4.84 Å². The Bertz CT molecular complexity index is 147. The van der Waals surface area contributed by atoms with Crippen LogP contribution >= 0.6 is 0 Å². The fraction of sp³-hybridized carbons (Fsp3) is 0.800. The molecule has 0 unspecified atom stereocenters. The maximum Gasteiger partial charge on any atom is 0.108 e. The van der Waals surface area contributed by atoms with E-state index in [1.807, 2.05) is 6.92 Å². The van der Waals surface area contributed by atoms with E-state index in [1.54, 1.807) is 0 Å². The maximum absolute atomic E-state index is 5.19. The monoisotopic (exact) mass is 201 g/mol. The normalized spacial score (nSPS) is 11.4. The number of hydrogen-bond acceptors (Lipinski definition) is 2. The molecule has 0 amide bonds. The van der Waals surface area contributed by atoms with E-state index in [0.717, 1.165) is 5.32 Å². The number of rotatable bonds is 7. The van der Waals surface area contributed by atoms with E-state index in [-0.39, 0.29) is 0 Å². The minimum Gasteiger partial charge on any atom is -0.277 e. The quantitative estimate of drug-likeness (QED) is 0.505. The lowest BCUT2D eigenvalue weighted by Crippen LogP contribution is -2.40. The van der Waals surface area contributed by atoms with Crippen molar-refractivity contribution in [2.24, 2.45) is 0 Å². The van der Waals surface area contributed by atoms with E-state index in [0.29, 0.717) is 6.61 Å². The van der Waals surface area contributed by atoms with Crippen LogP contribution in [-0.2, 0) is 4.84 Å². The van der Waals surface area contributed by atoms with Crippen LogP contribution in [0.1, 0.15) is 27.7 Å². The van der Waals surface area contributed by atoms with Gasteiger partial charge in [0.2, 0.25) is 0 Å². The van der Waals surface area contributed by atoms with Gasteiger partial charge in [-0.3, -0.25) is 10.3 Å². The van der Waals surface area contributed by atoms with Crippen LogP contribution in [0.3, 0.4) is 0 Å². The first kappa shape index (κ1) is 12.7. The van der Waals surface area contributed by atoms with Crippen LogP contribution in [0, 0.1) is 0 Å². The molecule has 0 aromatic carbocycles. The Morgan fingerprint density at radius 3 is 1.92 bits per heavy atom. The lowest BCUT2D eigenvalue weighted by Gasteiger charge is -2.30. The zero-order valence-corrected chi connectivity index (χ0v) is 10.4. The van der Waals surface area contributed by atoms with Crippen molar-refractivity contribution in [1.82, 2.24) is 5.48 Å². The second-order valence-electron chi connectivity index (χ2n) is 3.35. The van der Waals surface area contributed by atoms with Gasteiger partial charge in [0.1, 0.15) is 8.07 Å². The predicted molar refractivity (Wildman–Crippen MR) is 61.1 cm³/mol. The molecule has 78 valence electrons. The summed E-state index contributed by atoms with van der Waals surface area (Å²) in [6.07, 6.45) is 0. The van der Waals surface area contributed by atoms with Crippen molar-refractivity contribution in [2.45, 2.75) is 45.8 Å². The molecule has 0 saturated heterocycles. The van der Waals surface area contributed by atoms with Gasteiger partial charge in [-0.1, -0.05) is 45.5 Å². The lowest BCUT2D eigenvalue weighted by atomic mass is 10.9. The fourth-order valence-corrected chi connectivity index (χ4v) is 4.73. The molecule has 0 bridgehead atoms. The molecule has 0 spiro atoms. The maximum atomic E-state index is 5.19. The summed E-state index contributed by atoms with van der Waals surface area (Å²) in [6.45, 7) is 13.6. The third-order valence-corrected chi connectivity index (χ3v) is 8.45. The molecule has 0 aliphatic rings. The molecule has 0 aliphatic carbocycles. The van der Waals surface area contributed by atoms with Gasteiger partial charge in [0.15, 0.2) is 0 Å². The van der Waals surface area contributed by atoms with Crippen LogP contribution < -0.4 is 5.48 Å². The van der Waals surface area contributed by atoms with Gasteiger partial charge in [0.05, 0.1) is 6.61 Å². The molecule has 0 saturated carbocycles. The highest BCUT2D eigenvalue weighted by atomic mass is 28.3. The summed E-state index contributed by atoms with van der Waals surface area (Å²) in [5.41, 5.74) is 2.99. The van der Waals surface area contributed by atoms with Crippen molar-refractivity contribution in [3.63, 3.8) is 0 Å². The molecule has 0 aromatic rings. The van der Waals surface area contributed by atoms with Crippen molar-refractivity contribution in [2.75, 3.05) is 6.61 Å². The van der Waals surface area contributed by atoms with Gasteiger partial charge in [-0.15, -0.1) is 0 Å². The number of hydrogen-bond donors (Lipinski definition) is 1. The highest BCUT2D eigenvalue weighted by Gasteiger charge is 2.30. The van der Waals surface area contributed by atoms with E-state index < -0.39 is 8.07 Å². The molecule has 13 heavy (non-hydrogen) atoms. The van der Waals surface area contributed by atoms with Gasteiger partial charge >= 0.3 is 0 Å². The number of hydroxylamine groups is 1. The summed E-state index contributed by atoms with van der Waals surface area (Å²) >= 11 is 0. The molecule has 3 heteroatoms. The van der Waals surface area contributed by atoms with Gasteiger partial charge in [-0.25, -0.2) is 0 Å². The average Bonchev–Trinajstić information content (AvgIpc) is 2.18. The molecule has 0 aliphatic heterocycles. The van der Waals surface area contributed by atoms with Crippen LogP contribution in [0.15, 0.2) is 11.9 Å². The molecule has 2 nitrogen and oxygen atoms in total. The predicted octanol–water partition coefficient (Wildman–Crippen LogP) is 3.09. The minimum absolute atomic E-state index is 0.695. The highest BCUT2D eigenvalue weighted by Crippen LogP contribution is 2.25. The van der Waals surface area contributed by atoms with Gasteiger partial charge in [0, 0.05) is 5.32 Å². The van der Waals surface area contributed by atoms with Crippen molar-refractivity contribution in [1.29, 1.82) is 0 Å². The van der Waals surface area contributed by atoms with Crippen LogP contribution in [0.4, 0.5) is 0 Å². The molecule has 1 N–H and O–H groups in total. The van der Waals surface area contributed by atoms with Gasteiger partial charge < -0.3 is 0 Å². The van der Waals surface area contributed by atoms with Crippen LogP contribution in [-0.4, -0.2) is 14.7 Å². The Morgan fingerprint density at radius 1 is 1.15 bits per heavy atom. The highest BCUT2D eigenvalue weighted by molar-refractivity contribution is 6.86. The zero-order chi connectivity index (χ0) is 10.3. The summed E-state index contributed by atoms with van der Waals surface area (Å²) in [7, 11) is -1.29. The molecule has 0 fully saturated rings. The van der Waals surface area contributed by atoms with Crippen molar-refractivity contribution in [3.05, 3.63) is 11.9 Å². The van der Waals surface area contributed by atoms with Crippen LogP contribution in [0.25, 0.3) is 0 Å². The SMILES string of the molecule is C=C(NOCC)[Si](CC)(CC)CC. The summed E-state index contributed by atoms with van der Waals surface area (Å²) in [5, 5.41) is 1.15. The summed E-state index contributed by atoms with van der Waals surface area (Å²) in [6, 6.07) is 3.75. The fourth-order valence-electron chi connectivity index (χ4n) is 1.66. The van der Waals surface area contributed by atoms with Gasteiger partial charge in [-0.05, 0) is 6.92 Å². The van der Waals surface area contributed by atoms with Crippen LogP contribution in [0.5, 0.6) is 0 Å². The lowest BCUT2D eigenvalue weighted by molar-refractivity contribution is 0.0782. The summed E-state index contributed by atoms with van der Waals surface area (Å²) in [4.78, 5) is 5.19. The average molecular weight is 201 g/mol. The number of nitrogens with one attached hydrogen (secondary N) is 1. The molecule has 0 heterocycles. The standard InChI is InChI=1S/C10H23NOSi/c1-6-12-11-10(5)13(7-2,8-3)9-4/h11H,5-9H2,1-4H3. The minimum atomic E-state index is -1.29. The van der Waals surface area contributed by atoms with Gasteiger partial charge in [-0.2, -0.15) is 0 Å². The smallest absolute Gasteiger partial charge is 0.108 e. The largest absolute Gasteiger partial charge is 0.277 e. The molecule has 0 radical (unpaired) electrons.